The third-order valence-corrected chi connectivity index (χ3v) is 5.23. The molecule has 4 rings (SSSR count). The molecule has 3 heteroatoms. The number of carbonyl (C=O) groups excluding carboxylic acids is 1. The van der Waals surface area contributed by atoms with E-state index in [1.54, 1.807) is 0 Å². The minimum absolute atomic E-state index is 0.0558. The first-order chi connectivity index (χ1) is 8.70. The zero-order valence-electron chi connectivity index (χ0n) is 12.3. The highest BCUT2D eigenvalue weighted by molar-refractivity contribution is 5.75. The van der Waals surface area contributed by atoms with Gasteiger partial charge in [0, 0.05) is 5.41 Å². The van der Waals surface area contributed by atoms with Gasteiger partial charge < -0.3 is 4.74 Å². The lowest BCUT2D eigenvalue weighted by Crippen LogP contribution is -2.55. The van der Waals surface area contributed by atoms with Crippen LogP contribution in [0.4, 0.5) is 4.39 Å². The highest BCUT2D eigenvalue weighted by atomic mass is 19.1. The van der Waals surface area contributed by atoms with Crippen molar-refractivity contribution in [3.63, 3.8) is 0 Å². The standard InChI is InChI=1S/C16H25FO2/c1-14(2,3)13(18)19-10-15-5-11-4-12(6-15)8-16(17,7-11)9-15/h11-12H,4-10H2,1-3H3. The van der Waals surface area contributed by atoms with Crippen LogP contribution in [0.1, 0.15) is 59.3 Å². The van der Waals surface area contributed by atoms with E-state index in [0.29, 0.717) is 24.9 Å². The summed E-state index contributed by atoms with van der Waals surface area (Å²) in [6.07, 6.45) is 5.43. The fourth-order valence-electron chi connectivity index (χ4n) is 4.94. The van der Waals surface area contributed by atoms with Crippen molar-refractivity contribution >= 4 is 5.97 Å². The van der Waals surface area contributed by atoms with E-state index >= 15 is 0 Å². The SMILES string of the molecule is CC(C)(C)C(=O)OCC12CC3CC(CC(F)(C3)C1)C2. The molecule has 19 heavy (non-hydrogen) atoms. The molecule has 0 saturated heterocycles. The molecule has 0 aromatic carbocycles. The van der Waals surface area contributed by atoms with Crippen molar-refractivity contribution < 1.29 is 13.9 Å². The highest BCUT2D eigenvalue weighted by Crippen LogP contribution is 2.63. The Labute approximate surface area is 115 Å². The Morgan fingerprint density at radius 2 is 1.79 bits per heavy atom. The monoisotopic (exact) mass is 268 g/mol. The summed E-state index contributed by atoms with van der Waals surface area (Å²) < 4.78 is 20.3. The van der Waals surface area contributed by atoms with Gasteiger partial charge in [0.1, 0.15) is 5.67 Å². The lowest BCUT2D eigenvalue weighted by Gasteiger charge is -2.58. The summed E-state index contributed by atoms with van der Waals surface area (Å²) in [5.74, 6) is 0.898. The normalized spacial score (nSPS) is 44.4. The lowest BCUT2D eigenvalue weighted by atomic mass is 9.49. The number of halogens is 1. The van der Waals surface area contributed by atoms with Crippen LogP contribution in [0.15, 0.2) is 0 Å². The molecule has 4 saturated carbocycles. The van der Waals surface area contributed by atoms with Crippen molar-refractivity contribution in [3.8, 4) is 0 Å². The van der Waals surface area contributed by atoms with Crippen molar-refractivity contribution in [1.82, 2.24) is 0 Å². The van der Waals surface area contributed by atoms with Crippen LogP contribution in [0.2, 0.25) is 0 Å². The molecule has 0 spiro atoms. The molecule has 0 aromatic rings. The smallest absolute Gasteiger partial charge is 0.311 e. The molecule has 4 bridgehead atoms. The van der Waals surface area contributed by atoms with E-state index in [2.05, 4.69) is 0 Å². The molecular weight excluding hydrogens is 243 g/mol. The third kappa shape index (κ3) is 2.41. The first-order valence-electron chi connectivity index (χ1n) is 7.56. The summed E-state index contributed by atoms with van der Waals surface area (Å²) >= 11 is 0. The minimum atomic E-state index is -0.960. The van der Waals surface area contributed by atoms with Gasteiger partial charge in [-0.25, -0.2) is 4.39 Å². The van der Waals surface area contributed by atoms with Crippen molar-refractivity contribution in [2.45, 2.75) is 65.0 Å². The number of ether oxygens (including phenoxy) is 1. The molecule has 0 amide bonds. The number of alkyl halides is 1. The van der Waals surface area contributed by atoms with E-state index in [1.807, 2.05) is 20.8 Å². The summed E-state index contributed by atoms with van der Waals surface area (Å²) in [5.41, 5.74) is -1.48. The molecule has 4 fully saturated rings. The molecule has 0 aliphatic heterocycles. The van der Waals surface area contributed by atoms with Gasteiger partial charge >= 0.3 is 5.97 Å². The van der Waals surface area contributed by atoms with Gasteiger partial charge in [0.25, 0.3) is 0 Å². The van der Waals surface area contributed by atoms with E-state index in [9.17, 15) is 9.18 Å². The predicted molar refractivity (Wildman–Crippen MR) is 71.4 cm³/mol. The quantitative estimate of drug-likeness (QED) is 0.710. The second-order valence-corrected chi connectivity index (χ2v) is 8.44. The summed E-state index contributed by atoms with van der Waals surface area (Å²) in [4.78, 5) is 11.9. The molecule has 4 aliphatic carbocycles. The molecule has 4 aliphatic rings. The first kappa shape index (κ1) is 13.4. The van der Waals surface area contributed by atoms with Gasteiger partial charge in [-0.15, -0.1) is 0 Å². The van der Waals surface area contributed by atoms with Gasteiger partial charge in [0.2, 0.25) is 0 Å². The maximum absolute atomic E-state index is 14.7. The minimum Gasteiger partial charge on any atom is -0.465 e. The van der Waals surface area contributed by atoms with Gasteiger partial charge in [-0.05, 0) is 71.1 Å². The number of carbonyl (C=O) groups is 1. The topological polar surface area (TPSA) is 26.3 Å². The fourth-order valence-corrected chi connectivity index (χ4v) is 4.94. The van der Waals surface area contributed by atoms with Crippen LogP contribution < -0.4 is 0 Å². The van der Waals surface area contributed by atoms with Crippen LogP contribution in [0.25, 0.3) is 0 Å². The molecule has 0 radical (unpaired) electrons. The van der Waals surface area contributed by atoms with E-state index < -0.39 is 11.1 Å². The average Bonchev–Trinajstić information content (AvgIpc) is 2.21. The predicted octanol–water partition coefficient (Wildman–Crippen LogP) is 3.88. The first-order valence-corrected chi connectivity index (χ1v) is 7.56. The molecule has 0 heterocycles. The maximum atomic E-state index is 14.7. The number of esters is 1. The summed E-state index contributed by atoms with van der Waals surface area (Å²) in [6, 6.07) is 0. The largest absolute Gasteiger partial charge is 0.465 e. The number of hydrogen-bond acceptors (Lipinski definition) is 2. The average molecular weight is 268 g/mol. The van der Waals surface area contributed by atoms with E-state index in [4.69, 9.17) is 4.74 Å². The van der Waals surface area contributed by atoms with E-state index in [-0.39, 0.29) is 11.4 Å². The van der Waals surface area contributed by atoms with Crippen molar-refractivity contribution in [1.29, 1.82) is 0 Å². The molecule has 2 unspecified atom stereocenters. The van der Waals surface area contributed by atoms with E-state index in [1.165, 1.54) is 6.42 Å². The second-order valence-electron chi connectivity index (χ2n) is 8.44. The van der Waals surface area contributed by atoms with Crippen LogP contribution >= 0.6 is 0 Å². The zero-order chi connectivity index (χ0) is 13.9. The van der Waals surface area contributed by atoms with Crippen LogP contribution in [-0.4, -0.2) is 18.2 Å². The molecule has 2 nitrogen and oxygen atoms in total. The second kappa shape index (κ2) is 3.95. The molecule has 2 atom stereocenters. The van der Waals surface area contributed by atoms with Gasteiger partial charge in [-0.3, -0.25) is 4.79 Å². The molecule has 0 aromatic heterocycles. The fraction of sp³-hybridized carbons (Fsp3) is 0.938. The molecular formula is C16H25FO2. The van der Waals surface area contributed by atoms with Crippen molar-refractivity contribution in [2.24, 2.45) is 22.7 Å². The van der Waals surface area contributed by atoms with E-state index in [0.717, 1.165) is 25.7 Å². The summed E-state index contributed by atoms with van der Waals surface area (Å²) in [7, 11) is 0. The Morgan fingerprint density at radius 3 is 2.26 bits per heavy atom. The Balaban J connectivity index is 1.69. The van der Waals surface area contributed by atoms with Crippen LogP contribution in [-0.2, 0) is 9.53 Å². The van der Waals surface area contributed by atoms with Gasteiger partial charge in [-0.1, -0.05) is 0 Å². The van der Waals surface area contributed by atoms with Gasteiger partial charge in [0.15, 0.2) is 0 Å². The Bertz CT molecular complexity index is 382. The lowest BCUT2D eigenvalue weighted by molar-refractivity contribution is -0.174. The number of rotatable bonds is 2. The zero-order valence-corrected chi connectivity index (χ0v) is 12.3. The van der Waals surface area contributed by atoms with Crippen LogP contribution in [0.3, 0.4) is 0 Å². The Hall–Kier alpha value is -0.600. The third-order valence-electron chi connectivity index (χ3n) is 5.23. The summed E-state index contributed by atoms with van der Waals surface area (Å²) in [5, 5.41) is 0. The summed E-state index contributed by atoms with van der Waals surface area (Å²) in [6.45, 7) is 6.03. The van der Waals surface area contributed by atoms with Crippen molar-refractivity contribution in [2.75, 3.05) is 6.61 Å². The Morgan fingerprint density at radius 1 is 1.21 bits per heavy atom. The highest BCUT2D eigenvalue weighted by Gasteiger charge is 2.58. The van der Waals surface area contributed by atoms with Crippen LogP contribution in [0.5, 0.6) is 0 Å². The molecule has 0 N–H and O–H groups in total. The van der Waals surface area contributed by atoms with Crippen LogP contribution in [0, 0.1) is 22.7 Å². The Kier molecular flexibility index (Phi) is 2.79. The van der Waals surface area contributed by atoms with Gasteiger partial charge in [-0.2, -0.15) is 0 Å². The number of hydrogen-bond donors (Lipinski definition) is 0. The van der Waals surface area contributed by atoms with Crippen molar-refractivity contribution in [3.05, 3.63) is 0 Å². The molecule has 108 valence electrons. The van der Waals surface area contributed by atoms with Gasteiger partial charge in [0.05, 0.1) is 12.0 Å². The maximum Gasteiger partial charge on any atom is 0.311 e.